The topological polar surface area (TPSA) is 155 Å². The molecular formula is C16H11FN4O6S. The molecule has 2 aromatic heterocycles. The van der Waals surface area contributed by atoms with Gasteiger partial charge in [-0.2, -0.15) is 5.10 Å². The largest absolute Gasteiger partial charge is 0.504 e. The number of carboxylic acids is 1. The Morgan fingerprint density at radius 2 is 1.86 bits per heavy atom. The predicted molar refractivity (Wildman–Crippen MR) is 91.7 cm³/mol. The van der Waals surface area contributed by atoms with Gasteiger partial charge in [0, 0.05) is 12.3 Å². The van der Waals surface area contributed by atoms with Gasteiger partial charge in [0.15, 0.2) is 11.6 Å². The number of aromatic carboxylic acids is 1. The molecule has 10 nitrogen and oxygen atoms in total. The van der Waals surface area contributed by atoms with Gasteiger partial charge in [-0.15, -0.1) is 0 Å². The van der Waals surface area contributed by atoms with Crippen LogP contribution in [0.15, 0.2) is 53.8 Å². The van der Waals surface area contributed by atoms with Gasteiger partial charge in [-0.05, 0) is 30.3 Å². The number of aromatic nitrogens is 4. The van der Waals surface area contributed by atoms with Gasteiger partial charge in [-0.25, -0.2) is 26.6 Å². The summed E-state index contributed by atoms with van der Waals surface area (Å²) in [6.07, 6.45) is 2.49. The summed E-state index contributed by atoms with van der Waals surface area (Å²) in [5.41, 5.74) is -1.02. The van der Waals surface area contributed by atoms with Crippen LogP contribution < -0.4 is 0 Å². The molecule has 0 atom stereocenters. The zero-order valence-electron chi connectivity index (χ0n) is 13.8. The van der Waals surface area contributed by atoms with E-state index < -0.39 is 44.6 Å². The molecule has 0 spiro atoms. The van der Waals surface area contributed by atoms with Crippen LogP contribution in [-0.2, 0) is 10.0 Å². The molecule has 0 aliphatic heterocycles. The SMILES string of the molecule is O=C(O)c1cc(C(=O)C=C(O)c2ncn[nH]2)n(S(=O)(=O)c2ccc(F)cc2)c1. The van der Waals surface area contributed by atoms with Crippen LogP contribution in [0.5, 0.6) is 0 Å². The lowest BCUT2D eigenvalue weighted by Gasteiger charge is -2.09. The molecule has 0 aliphatic carbocycles. The minimum Gasteiger partial charge on any atom is -0.504 e. The number of aliphatic hydroxyl groups is 1. The molecule has 2 heterocycles. The van der Waals surface area contributed by atoms with E-state index >= 15 is 0 Å². The summed E-state index contributed by atoms with van der Waals surface area (Å²) < 4.78 is 39.2. The van der Waals surface area contributed by atoms with Crippen LogP contribution in [0.3, 0.4) is 0 Å². The van der Waals surface area contributed by atoms with Gasteiger partial charge in [-0.1, -0.05) is 0 Å². The van der Waals surface area contributed by atoms with Crippen LogP contribution in [-0.4, -0.2) is 49.5 Å². The first kappa shape index (κ1) is 19.0. The first-order chi connectivity index (χ1) is 13.2. The molecule has 0 unspecified atom stereocenters. The molecule has 3 rings (SSSR count). The number of aliphatic hydroxyl groups excluding tert-OH is 1. The number of nitrogens with zero attached hydrogens (tertiary/aromatic N) is 3. The Morgan fingerprint density at radius 3 is 2.43 bits per heavy atom. The molecule has 0 radical (unpaired) electrons. The Bertz CT molecular complexity index is 1180. The molecule has 0 amide bonds. The van der Waals surface area contributed by atoms with Crippen LogP contribution in [0.1, 0.15) is 26.7 Å². The van der Waals surface area contributed by atoms with Crippen LogP contribution in [0.25, 0.3) is 5.76 Å². The maximum Gasteiger partial charge on any atom is 0.337 e. The van der Waals surface area contributed by atoms with Crippen molar-refractivity contribution in [3.05, 3.63) is 71.8 Å². The van der Waals surface area contributed by atoms with E-state index in [1.54, 1.807) is 0 Å². The van der Waals surface area contributed by atoms with Crippen molar-refractivity contribution in [3.63, 3.8) is 0 Å². The summed E-state index contributed by atoms with van der Waals surface area (Å²) in [5.74, 6) is -3.93. The van der Waals surface area contributed by atoms with E-state index in [2.05, 4.69) is 15.2 Å². The number of carbonyl (C=O) groups is 2. The third-order valence-corrected chi connectivity index (χ3v) is 5.27. The standard InChI is InChI=1S/C16H11FN4O6S/c17-10-1-3-11(4-2-10)28(26,27)21-7-9(16(24)25)5-12(21)13(22)6-14(23)15-18-8-19-20-15/h1-8,23H,(H,24,25)(H,18,19,20). The van der Waals surface area contributed by atoms with Gasteiger partial charge in [0.05, 0.1) is 10.5 Å². The molecule has 0 aliphatic rings. The molecule has 0 saturated carbocycles. The van der Waals surface area contributed by atoms with Crippen LogP contribution in [0.4, 0.5) is 4.39 Å². The van der Waals surface area contributed by atoms with Crippen molar-refractivity contribution in [1.29, 1.82) is 0 Å². The summed E-state index contributed by atoms with van der Waals surface area (Å²) in [6.45, 7) is 0. The number of hydrogen-bond donors (Lipinski definition) is 3. The van der Waals surface area contributed by atoms with Gasteiger partial charge < -0.3 is 10.2 Å². The first-order valence-corrected chi connectivity index (χ1v) is 8.91. The fraction of sp³-hybridized carbons (Fsp3) is 0. The van der Waals surface area contributed by atoms with Crippen molar-refractivity contribution in [2.75, 3.05) is 0 Å². The monoisotopic (exact) mass is 406 g/mol. The van der Waals surface area contributed by atoms with E-state index in [1.807, 2.05) is 0 Å². The van der Waals surface area contributed by atoms with Gasteiger partial charge in [0.2, 0.25) is 5.78 Å². The second-order valence-electron chi connectivity index (χ2n) is 5.40. The number of H-pyrrole nitrogens is 1. The Labute approximate surface area is 156 Å². The molecule has 144 valence electrons. The molecule has 28 heavy (non-hydrogen) atoms. The lowest BCUT2D eigenvalue weighted by atomic mass is 10.2. The maximum atomic E-state index is 13.1. The van der Waals surface area contributed by atoms with Gasteiger partial charge in [-0.3, -0.25) is 9.89 Å². The molecular weight excluding hydrogens is 395 g/mol. The average Bonchev–Trinajstić information content (AvgIpc) is 3.32. The molecule has 0 saturated heterocycles. The minimum absolute atomic E-state index is 0.147. The third kappa shape index (κ3) is 3.53. The molecule has 0 bridgehead atoms. The normalized spacial score (nSPS) is 12.1. The second-order valence-corrected chi connectivity index (χ2v) is 7.22. The number of ketones is 1. The second kappa shape index (κ2) is 7.08. The first-order valence-electron chi connectivity index (χ1n) is 7.47. The van der Waals surface area contributed by atoms with Crippen molar-refractivity contribution in [2.45, 2.75) is 4.90 Å². The van der Waals surface area contributed by atoms with Crippen LogP contribution >= 0.6 is 0 Å². The van der Waals surface area contributed by atoms with Gasteiger partial charge in [0.1, 0.15) is 17.8 Å². The number of benzene rings is 1. The van der Waals surface area contributed by atoms with E-state index in [-0.39, 0.29) is 10.7 Å². The Hall–Kier alpha value is -3.80. The highest BCUT2D eigenvalue weighted by Gasteiger charge is 2.26. The molecule has 0 fully saturated rings. The number of carbonyl (C=O) groups excluding carboxylic acids is 1. The molecule has 1 aromatic carbocycles. The number of aromatic amines is 1. The third-order valence-electron chi connectivity index (χ3n) is 3.58. The Morgan fingerprint density at radius 1 is 1.18 bits per heavy atom. The van der Waals surface area contributed by atoms with Crippen molar-refractivity contribution in [2.24, 2.45) is 0 Å². The van der Waals surface area contributed by atoms with E-state index in [0.29, 0.717) is 10.0 Å². The summed E-state index contributed by atoms with van der Waals surface area (Å²) >= 11 is 0. The highest BCUT2D eigenvalue weighted by atomic mass is 32.2. The lowest BCUT2D eigenvalue weighted by molar-refractivity contribution is 0.0697. The fourth-order valence-corrected chi connectivity index (χ4v) is 3.62. The summed E-state index contributed by atoms with van der Waals surface area (Å²) in [6, 6.07) is 4.61. The predicted octanol–water partition coefficient (Wildman–Crippen LogP) is 1.46. The zero-order valence-corrected chi connectivity index (χ0v) is 14.6. The van der Waals surface area contributed by atoms with E-state index in [1.165, 1.54) is 0 Å². The van der Waals surface area contributed by atoms with Crippen LogP contribution in [0, 0.1) is 5.82 Å². The summed E-state index contributed by atoms with van der Waals surface area (Å²) in [7, 11) is -4.41. The van der Waals surface area contributed by atoms with Gasteiger partial charge in [0.25, 0.3) is 10.0 Å². The van der Waals surface area contributed by atoms with Crippen molar-refractivity contribution >= 4 is 27.5 Å². The summed E-state index contributed by atoms with van der Waals surface area (Å²) in [5, 5.41) is 24.8. The van der Waals surface area contributed by atoms with Crippen molar-refractivity contribution < 1.29 is 32.6 Å². The highest BCUT2D eigenvalue weighted by Crippen LogP contribution is 2.21. The number of rotatable bonds is 6. The van der Waals surface area contributed by atoms with E-state index in [4.69, 9.17) is 5.11 Å². The highest BCUT2D eigenvalue weighted by molar-refractivity contribution is 7.90. The zero-order chi connectivity index (χ0) is 20.5. The quantitative estimate of drug-likeness (QED) is 0.316. The average molecular weight is 406 g/mol. The van der Waals surface area contributed by atoms with Crippen molar-refractivity contribution in [1.82, 2.24) is 19.2 Å². The maximum absolute atomic E-state index is 13.1. The van der Waals surface area contributed by atoms with E-state index in [0.717, 1.165) is 42.9 Å². The number of allylic oxidation sites excluding steroid dienone is 1. The Balaban J connectivity index is 2.12. The Kier molecular flexibility index (Phi) is 4.79. The smallest absolute Gasteiger partial charge is 0.337 e. The molecule has 12 heteroatoms. The molecule has 3 N–H and O–H groups in total. The lowest BCUT2D eigenvalue weighted by Crippen LogP contribution is -2.17. The fourth-order valence-electron chi connectivity index (χ4n) is 2.26. The minimum atomic E-state index is -4.41. The van der Waals surface area contributed by atoms with Gasteiger partial charge >= 0.3 is 5.97 Å². The number of hydrogen-bond acceptors (Lipinski definition) is 7. The van der Waals surface area contributed by atoms with Crippen LogP contribution in [0.2, 0.25) is 0 Å². The number of carboxylic acid groups (broad SMARTS) is 1. The number of nitrogens with one attached hydrogen (secondary N) is 1. The summed E-state index contributed by atoms with van der Waals surface area (Å²) in [4.78, 5) is 27.0. The number of halogens is 1. The van der Waals surface area contributed by atoms with Crippen molar-refractivity contribution in [3.8, 4) is 0 Å². The van der Waals surface area contributed by atoms with E-state index in [9.17, 15) is 27.5 Å². The molecule has 3 aromatic rings.